The number of carboxylic acid groups (broad SMARTS) is 2. The Morgan fingerprint density at radius 2 is 1.70 bits per heavy atom. The van der Waals surface area contributed by atoms with Crippen LogP contribution < -0.4 is 10.1 Å². The number of benzene rings is 1. The number of hydrogen-bond donors (Lipinski definition) is 3. The summed E-state index contributed by atoms with van der Waals surface area (Å²) in [7, 11) is 0. The van der Waals surface area contributed by atoms with Gasteiger partial charge in [0.1, 0.15) is 5.69 Å². The zero-order valence-corrected chi connectivity index (χ0v) is 25.8. The normalized spacial score (nSPS) is 14.6. The quantitative estimate of drug-likeness (QED) is 0.228. The summed E-state index contributed by atoms with van der Waals surface area (Å²) in [5.74, 6) is -4.34. The Morgan fingerprint density at radius 1 is 1.07 bits per heavy atom. The second-order valence-electron chi connectivity index (χ2n) is 12.0. The molecule has 1 aliphatic rings. The first-order chi connectivity index (χ1) is 21.4. The number of rotatable bonds is 8. The van der Waals surface area contributed by atoms with E-state index in [9.17, 15) is 36.6 Å². The molecule has 1 aromatic carbocycles. The highest BCUT2D eigenvalue weighted by atomic mass is 19.4. The first kappa shape index (κ1) is 36.0. The highest BCUT2D eigenvalue weighted by Crippen LogP contribution is 2.28. The maximum Gasteiger partial charge on any atom is 0.490 e. The fraction of sp³-hybridized carbons (Fsp3) is 0.484. The summed E-state index contributed by atoms with van der Waals surface area (Å²) in [5.41, 5.74) is 0.634. The fourth-order valence-corrected chi connectivity index (χ4v) is 5.12. The van der Waals surface area contributed by atoms with Crippen molar-refractivity contribution in [1.29, 1.82) is 0 Å². The van der Waals surface area contributed by atoms with E-state index < -0.39 is 47.4 Å². The lowest BCUT2D eigenvalue weighted by Crippen LogP contribution is -2.49. The number of amides is 2. The van der Waals surface area contributed by atoms with Gasteiger partial charge in [0.15, 0.2) is 23.0 Å². The number of carbonyl (C=O) groups is 3. The molecule has 15 heteroatoms. The Morgan fingerprint density at radius 3 is 2.24 bits per heavy atom. The van der Waals surface area contributed by atoms with Gasteiger partial charge < -0.3 is 25.2 Å². The Labute approximate surface area is 262 Å². The number of nitrogens with one attached hydrogen (secondary N) is 1. The molecule has 1 saturated carbocycles. The van der Waals surface area contributed by atoms with Gasteiger partial charge in [-0.2, -0.15) is 13.2 Å². The molecule has 1 aliphatic carbocycles. The summed E-state index contributed by atoms with van der Waals surface area (Å²) in [6.45, 7) is 7.26. The predicted molar refractivity (Wildman–Crippen MR) is 157 cm³/mol. The van der Waals surface area contributed by atoms with Gasteiger partial charge in [-0.1, -0.05) is 25.3 Å². The van der Waals surface area contributed by atoms with Gasteiger partial charge in [-0.25, -0.2) is 23.4 Å². The number of aliphatic carboxylic acids is 1. The van der Waals surface area contributed by atoms with Crippen LogP contribution in [0.4, 0.5) is 26.7 Å². The molecule has 1 fully saturated rings. The monoisotopic (exact) mass is 656 g/mol. The minimum absolute atomic E-state index is 0.179. The molecule has 0 spiro atoms. The molecule has 3 N–H and O–H groups in total. The molecule has 1 unspecified atom stereocenters. The molecular formula is C31H37F5N4O6. The number of carboxylic acids is 1. The maximum atomic E-state index is 14.2. The molecule has 10 nitrogen and oxygen atoms in total. The Bertz CT molecular complexity index is 1550. The lowest BCUT2D eigenvalue weighted by Gasteiger charge is -2.36. The number of pyridine rings is 1. The number of nitrogens with zero attached hydrogens (tertiary/aromatic N) is 3. The molecule has 4 rings (SSSR count). The number of aryl methyl sites for hydroxylation is 1. The maximum absolute atomic E-state index is 14.2. The third-order valence-electron chi connectivity index (χ3n) is 7.50. The van der Waals surface area contributed by atoms with E-state index in [-0.39, 0.29) is 17.8 Å². The number of ether oxygens (including phenoxy) is 1. The van der Waals surface area contributed by atoms with Gasteiger partial charge in [-0.05, 0) is 76.3 Å². The number of hydrogen-bond acceptors (Lipinski definition) is 5. The van der Waals surface area contributed by atoms with E-state index in [1.165, 1.54) is 25.3 Å². The van der Waals surface area contributed by atoms with Crippen LogP contribution in [-0.4, -0.2) is 67.3 Å². The van der Waals surface area contributed by atoms with Gasteiger partial charge in [-0.3, -0.25) is 9.20 Å². The summed E-state index contributed by atoms with van der Waals surface area (Å²) < 4.78 is 67.4. The van der Waals surface area contributed by atoms with Crippen LogP contribution in [0.25, 0.3) is 5.65 Å². The molecule has 2 amide bonds. The van der Waals surface area contributed by atoms with E-state index in [4.69, 9.17) is 14.6 Å². The van der Waals surface area contributed by atoms with Crippen molar-refractivity contribution in [3.05, 3.63) is 65.1 Å². The van der Waals surface area contributed by atoms with Crippen LogP contribution in [0.1, 0.15) is 80.7 Å². The molecule has 0 bridgehead atoms. The van der Waals surface area contributed by atoms with Crippen molar-refractivity contribution in [1.82, 2.24) is 19.6 Å². The Kier molecular flexibility index (Phi) is 11.6. The van der Waals surface area contributed by atoms with Crippen LogP contribution in [-0.2, 0) is 4.79 Å². The zero-order chi connectivity index (χ0) is 34.4. The Balaban J connectivity index is 0.000000738. The first-order valence-corrected chi connectivity index (χ1v) is 14.6. The number of fused-ring (bicyclic) bond motifs is 1. The van der Waals surface area contributed by atoms with Crippen LogP contribution in [0.2, 0.25) is 0 Å². The smallest absolute Gasteiger partial charge is 0.489 e. The van der Waals surface area contributed by atoms with Crippen molar-refractivity contribution in [3.63, 3.8) is 0 Å². The number of alkyl halides is 3. The van der Waals surface area contributed by atoms with Crippen molar-refractivity contribution in [2.24, 2.45) is 5.92 Å². The lowest BCUT2D eigenvalue weighted by atomic mass is 9.90. The summed E-state index contributed by atoms with van der Waals surface area (Å²) >= 11 is 0. The van der Waals surface area contributed by atoms with E-state index in [0.717, 1.165) is 29.9 Å². The standard InChI is InChI=1S/C29H36F2N4O4.C2HF3O2/c1-18-25(34-14-8-11-24(26(34)32-18)39-17-19-9-6-5-7-10-19)27(36)33-23(16-35(28(37)38)29(2,3)4)20-12-13-21(30)22(31)15-20;3-2(4,5)1(6)7/h8,11-15,19,23H,5-7,9-10,16-17H2,1-4H3,(H,33,36)(H,37,38);(H,6,7). The van der Waals surface area contributed by atoms with Crippen molar-refractivity contribution in [2.75, 3.05) is 13.2 Å². The summed E-state index contributed by atoms with van der Waals surface area (Å²) in [4.78, 5) is 40.3. The summed E-state index contributed by atoms with van der Waals surface area (Å²) in [6.07, 6.45) is 1.38. The molecule has 3 aromatic rings. The second kappa shape index (κ2) is 14.8. The van der Waals surface area contributed by atoms with Gasteiger partial charge in [0.2, 0.25) is 0 Å². The predicted octanol–water partition coefficient (Wildman–Crippen LogP) is 6.76. The molecule has 0 aliphatic heterocycles. The third-order valence-corrected chi connectivity index (χ3v) is 7.50. The number of halogens is 5. The molecule has 0 radical (unpaired) electrons. The average molecular weight is 657 g/mol. The van der Waals surface area contributed by atoms with Crippen LogP contribution in [0.15, 0.2) is 36.5 Å². The molecule has 2 heterocycles. The van der Waals surface area contributed by atoms with E-state index >= 15 is 0 Å². The summed E-state index contributed by atoms with van der Waals surface area (Å²) in [5, 5.41) is 19.8. The third kappa shape index (κ3) is 9.30. The van der Waals surface area contributed by atoms with Crippen LogP contribution in [0.3, 0.4) is 0 Å². The van der Waals surface area contributed by atoms with E-state index in [0.29, 0.717) is 29.6 Å². The zero-order valence-electron chi connectivity index (χ0n) is 25.8. The highest BCUT2D eigenvalue weighted by Gasteiger charge is 2.38. The van der Waals surface area contributed by atoms with Gasteiger partial charge in [-0.15, -0.1) is 0 Å². The number of imidazole rings is 1. The van der Waals surface area contributed by atoms with Crippen LogP contribution in [0.5, 0.6) is 5.75 Å². The van der Waals surface area contributed by atoms with E-state index in [1.807, 2.05) is 6.07 Å². The van der Waals surface area contributed by atoms with Gasteiger partial charge in [0, 0.05) is 18.3 Å². The summed E-state index contributed by atoms with van der Waals surface area (Å²) in [6, 6.07) is 5.91. The Hall–Kier alpha value is -4.43. The molecule has 252 valence electrons. The molecule has 0 saturated heterocycles. The number of carbonyl (C=O) groups excluding carboxylic acids is 1. The van der Waals surface area contributed by atoms with Crippen molar-refractivity contribution < 1.29 is 51.3 Å². The second-order valence-corrected chi connectivity index (χ2v) is 12.0. The molecule has 46 heavy (non-hydrogen) atoms. The topological polar surface area (TPSA) is 133 Å². The number of aromatic nitrogens is 2. The van der Waals surface area contributed by atoms with Crippen LogP contribution >= 0.6 is 0 Å². The van der Waals surface area contributed by atoms with Crippen LogP contribution in [0, 0.1) is 24.5 Å². The fourth-order valence-electron chi connectivity index (χ4n) is 5.12. The molecular weight excluding hydrogens is 619 g/mol. The van der Waals surface area contributed by atoms with E-state index in [1.54, 1.807) is 44.4 Å². The minimum atomic E-state index is -5.08. The molecule has 1 atom stereocenters. The van der Waals surface area contributed by atoms with Crippen molar-refractivity contribution in [2.45, 2.75) is 77.6 Å². The van der Waals surface area contributed by atoms with Gasteiger partial charge in [0.05, 0.1) is 18.3 Å². The van der Waals surface area contributed by atoms with E-state index in [2.05, 4.69) is 10.3 Å². The largest absolute Gasteiger partial charge is 0.490 e. The first-order valence-electron chi connectivity index (χ1n) is 14.6. The SMILES string of the molecule is Cc1nc2c(OCC3CCCCC3)cccn2c1C(=O)NC(CN(C(=O)O)C(C)(C)C)c1ccc(F)c(F)c1.O=C(O)C(F)(F)F. The highest BCUT2D eigenvalue weighted by molar-refractivity contribution is 5.95. The van der Waals surface area contributed by atoms with Gasteiger partial charge >= 0.3 is 18.2 Å². The minimum Gasteiger partial charge on any atom is -0.489 e. The lowest BCUT2D eigenvalue weighted by molar-refractivity contribution is -0.192. The average Bonchev–Trinajstić information content (AvgIpc) is 3.31. The van der Waals surface area contributed by atoms with Crippen molar-refractivity contribution >= 4 is 23.6 Å². The van der Waals surface area contributed by atoms with Gasteiger partial charge in [0.25, 0.3) is 5.91 Å². The molecule has 2 aromatic heterocycles. The van der Waals surface area contributed by atoms with Crippen molar-refractivity contribution in [3.8, 4) is 5.75 Å².